The third kappa shape index (κ3) is 3.45. The Morgan fingerprint density at radius 2 is 1.67 bits per heavy atom. The third-order valence-electron chi connectivity index (χ3n) is 3.28. The van der Waals surface area contributed by atoms with E-state index < -0.39 is 11.9 Å². The average Bonchev–Trinajstić information content (AvgIpc) is 2.36. The third-order valence-corrected chi connectivity index (χ3v) is 3.28. The minimum Gasteiger partial charge on any atom is -0.469 e. The molecule has 6 nitrogen and oxygen atoms in total. The zero-order valence-electron chi connectivity index (χ0n) is 10.9. The van der Waals surface area contributed by atoms with Crippen LogP contribution in [0.2, 0.25) is 0 Å². The van der Waals surface area contributed by atoms with Crippen molar-refractivity contribution in [1.82, 2.24) is 5.32 Å². The topological polar surface area (TPSA) is 81.7 Å². The highest BCUT2D eigenvalue weighted by Crippen LogP contribution is 2.31. The van der Waals surface area contributed by atoms with E-state index in [1.54, 1.807) is 0 Å². The number of carbonyl (C=O) groups excluding carboxylic acids is 3. The number of esters is 2. The van der Waals surface area contributed by atoms with E-state index >= 15 is 0 Å². The van der Waals surface area contributed by atoms with Gasteiger partial charge < -0.3 is 14.8 Å². The Balaban J connectivity index is 2.75. The maximum absolute atomic E-state index is 11.7. The van der Waals surface area contributed by atoms with Crippen molar-refractivity contribution in [1.29, 1.82) is 0 Å². The lowest BCUT2D eigenvalue weighted by Crippen LogP contribution is -2.47. The van der Waals surface area contributed by atoms with Crippen LogP contribution in [0.3, 0.4) is 0 Å². The molecule has 1 rings (SSSR count). The van der Waals surface area contributed by atoms with E-state index in [-0.39, 0.29) is 23.8 Å². The van der Waals surface area contributed by atoms with Gasteiger partial charge in [0.15, 0.2) is 0 Å². The molecule has 1 aliphatic carbocycles. The molecule has 1 saturated carbocycles. The van der Waals surface area contributed by atoms with Gasteiger partial charge in [0.25, 0.3) is 0 Å². The van der Waals surface area contributed by atoms with Crippen molar-refractivity contribution in [3.8, 4) is 0 Å². The van der Waals surface area contributed by atoms with E-state index in [0.29, 0.717) is 19.3 Å². The first kappa shape index (κ1) is 14.5. The molecule has 1 N–H and O–H groups in total. The summed E-state index contributed by atoms with van der Waals surface area (Å²) in [5, 5.41) is 2.73. The van der Waals surface area contributed by atoms with Crippen LogP contribution in [0.1, 0.15) is 26.2 Å². The smallest absolute Gasteiger partial charge is 0.310 e. The molecule has 0 radical (unpaired) electrons. The number of rotatable bonds is 3. The zero-order valence-corrected chi connectivity index (χ0v) is 10.9. The summed E-state index contributed by atoms with van der Waals surface area (Å²) in [6.07, 6.45) is 1.52. The highest BCUT2D eigenvalue weighted by atomic mass is 16.5. The molecular formula is C12H19NO5. The lowest BCUT2D eigenvalue weighted by Gasteiger charge is -2.33. The van der Waals surface area contributed by atoms with Crippen molar-refractivity contribution in [3.63, 3.8) is 0 Å². The number of ether oxygens (including phenoxy) is 2. The van der Waals surface area contributed by atoms with Gasteiger partial charge >= 0.3 is 11.9 Å². The Hall–Kier alpha value is -1.59. The van der Waals surface area contributed by atoms with Gasteiger partial charge in [-0.3, -0.25) is 14.4 Å². The van der Waals surface area contributed by atoms with Crippen LogP contribution in [-0.2, 0) is 23.9 Å². The molecule has 102 valence electrons. The number of carbonyl (C=O) groups is 3. The van der Waals surface area contributed by atoms with Gasteiger partial charge in [-0.05, 0) is 19.3 Å². The maximum Gasteiger partial charge on any atom is 0.310 e. The van der Waals surface area contributed by atoms with Crippen molar-refractivity contribution < 1.29 is 23.9 Å². The summed E-state index contributed by atoms with van der Waals surface area (Å²) in [6.45, 7) is 1.40. The second-order valence-electron chi connectivity index (χ2n) is 4.47. The Kier molecular flexibility index (Phi) is 5.12. The van der Waals surface area contributed by atoms with Crippen LogP contribution in [0.5, 0.6) is 0 Å². The van der Waals surface area contributed by atoms with E-state index in [1.807, 2.05) is 0 Å². The SMILES string of the molecule is COC(=O)C1CCC(NC(C)=O)C(C(=O)OC)C1. The number of hydrogen-bond donors (Lipinski definition) is 1. The molecule has 3 unspecified atom stereocenters. The number of amides is 1. The van der Waals surface area contributed by atoms with E-state index in [4.69, 9.17) is 4.74 Å². The first-order valence-electron chi connectivity index (χ1n) is 5.92. The molecule has 0 aromatic rings. The normalized spacial score (nSPS) is 27.2. The molecule has 0 aromatic heterocycles. The standard InChI is InChI=1S/C12H19NO5/c1-7(14)13-10-5-4-8(11(15)17-2)6-9(10)12(16)18-3/h8-10H,4-6H2,1-3H3,(H,13,14). The lowest BCUT2D eigenvalue weighted by molar-refractivity contribution is -0.153. The molecule has 1 fully saturated rings. The van der Waals surface area contributed by atoms with Crippen molar-refractivity contribution in [3.05, 3.63) is 0 Å². The van der Waals surface area contributed by atoms with Gasteiger partial charge in [-0.2, -0.15) is 0 Å². The number of nitrogens with one attached hydrogen (secondary N) is 1. The van der Waals surface area contributed by atoms with Crippen LogP contribution in [0.25, 0.3) is 0 Å². The predicted molar refractivity (Wildman–Crippen MR) is 62.5 cm³/mol. The van der Waals surface area contributed by atoms with Crippen molar-refractivity contribution in [2.75, 3.05) is 14.2 Å². The predicted octanol–water partition coefficient (Wildman–Crippen LogP) is 0.253. The highest BCUT2D eigenvalue weighted by Gasteiger charge is 2.39. The summed E-state index contributed by atoms with van der Waals surface area (Å²) in [7, 11) is 2.63. The van der Waals surface area contributed by atoms with Crippen LogP contribution >= 0.6 is 0 Å². The second-order valence-corrected chi connectivity index (χ2v) is 4.47. The largest absolute Gasteiger partial charge is 0.469 e. The summed E-state index contributed by atoms with van der Waals surface area (Å²) in [5.74, 6) is -1.70. The van der Waals surface area contributed by atoms with Crippen molar-refractivity contribution in [2.24, 2.45) is 11.8 Å². The van der Waals surface area contributed by atoms with Crippen molar-refractivity contribution >= 4 is 17.8 Å². The molecular weight excluding hydrogens is 238 g/mol. The van der Waals surface area contributed by atoms with Crippen LogP contribution in [0, 0.1) is 11.8 Å². The van der Waals surface area contributed by atoms with Crippen LogP contribution < -0.4 is 5.32 Å². The zero-order chi connectivity index (χ0) is 13.7. The molecule has 0 spiro atoms. The molecule has 1 aliphatic rings. The van der Waals surface area contributed by atoms with Crippen LogP contribution in [-0.4, -0.2) is 38.1 Å². The van der Waals surface area contributed by atoms with Crippen molar-refractivity contribution in [2.45, 2.75) is 32.2 Å². The van der Waals surface area contributed by atoms with Gasteiger partial charge in [0.2, 0.25) is 5.91 Å². The molecule has 0 heterocycles. The summed E-state index contributed by atoms with van der Waals surface area (Å²) in [6, 6.07) is -0.268. The molecule has 0 aliphatic heterocycles. The fraction of sp³-hybridized carbons (Fsp3) is 0.750. The van der Waals surface area contributed by atoms with E-state index in [9.17, 15) is 14.4 Å². The Morgan fingerprint density at radius 3 is 2.17 bits per heavy atom. The Morgan fingerprint density at radius 1 is 1.06 bits per heavy atom. The first-order valence-corrected chi connectivity index (χ1v) is 5.92. The van der Waals surface area contributed by atoms with Gasteiger partial charge in [0.05, 0.1) is 26.1 Å². The summed E-state index contributed by atoms with van der Waals surface area (Å²) < 4.78 is 9.41. The average molecular weight is 257 g/mol. The van der Waals surface area contributed by atoms with Gasteiger partial charge in [-0.15, -0.1) is 0 Å². The maximum atomic E-state index is 11.7. The summed E-state index contributed by atoms with van der Waals surface area (Å²) in [4.78, 5) is 34.3. The van der Waals surface area contributed by atoms with Crippen LogP contribution in [0.15, 0.2) is 0 Å². The minimum absolute atomic E-state index is 0.189. The van der Waals surface area contributed by atoms with E-state index in [0.717, 1.165) is 0 Å². The molecule has 6 heteroatoms. The molecule has 18 heavy (non-hydrogen) atoms. The monoisotopic (exact) mass is 257 g/mol. The van der Waals surface area contributed by atoms with Gasteiger partial charge in [-0.1, -0.05) is 0 Å². The minimum atomic E-state index is -0.489. The van der Waals surface area contributed by atoms with Gasteiger partial charge in [-0.25, -0.2) is 0 Å². The van der Waals surface area contributed by atoms with E-state index in [2.05, 4.69) is 10.1 Å². The van der Waals surface area contributed by atoms with Gasteiger partial charge in [0, 0.05) is 13.0 Å². The molecule has 0 bridgehead atoms. The Labute approximate surface area is 106 Å². The second kappa shape index (κ2) is 6.37. The molecule has 0 saturated heterocycles. The fourth-order valence-electron chi connectivity index (χ4n) is 2.40. The lowest BCUT2D eigenvalue weighted by atomic mass is 9.78. The number of methoxy groups -OCH3 is 2. The first-order chi connectivity index (χ1) is 8.49. The highest BCUT2D eigenvalue weighted by molar-refractivity contribution is 5.79. The van der Waals surface area contributed by atoms with Gasteiger partial charge in [0.1, 0.15) is 0 Å². The van der Waals surface area contributed by atoms with E-state index in [1.165, 1.54) is 21.1 Å². The molecule has 3 atom stereocenters. The van der Waals surface area contributed by atoms with Crippen LogP contribution in [0.4, 0.5) is 0 Å². The molecule has 1 amide bonds. The Bertz CT molecular complexity index is 341. The number of hydrogen-bond acceptors (Lipinski definition) is 5. The fourth-order valence-corrected chi connectivity index (χ4v) is 2.40. The summed E-state index contributed by atoms with van der Waals surface area (Å²) >= 11 is 0. The quantitative estimate of drug-likeness (QED) is 0.733. The summed E-state index contributed by atoms with van der Waals surface area (Å²) in [5.41, 5.74) is 0. The molecule has 0 aromatic carbocycles.